The number of fused-ring (bicyclic) bond motifs is 1. The molecule has 0 unspecified atom stereocenters. The molecular formula is C23H26ClN5O4. The average molecular weight is 472 g/mol. The Morgan fingerprint density at radius 1 is 1.09 bits per heavy atom. The van der Waals surface area contributed by atoms with Gasteiger partial charge in [0.25, 0.3) is 5.91 Å². The number of nitrogens with two attached hydrogens (primary N) is 2. The van der Waals surface area contributed by atoms with Crippen LogP contribution in [0.1, 0.15) is 28.8 Å². The minimum absolute atomic E-state index is 0. The monoisotopic (exact) mass is 471 g/mol. The van der Waals surface area contributed by atoms with Crippen molar-refractivity contribution in [2.45, 2.75) is 25.8 Å². The number of halogens is 1. The Kier molecular flexibility index (Phi) is 8.99. The summed E-state index contributed by atoms with van der Waals surface area (Å²) in [4.78, 5) is 41.1. The van der Waals surface area contributed by atoms with Gasteiger partial charge in [-0.05, 0) is 49.6 Å². The molecule has 0 saturated heterocycles. The van der Waals surface area contributed by atoms with Crippen LogP contribution in [0.5, 0.6) is 0 Å². The number of benzene rings is 2. The van der Waals surface area contributed by atoms with Gasteiger partial charge in [-0.15, -0.1) is 12.4 Å². The van der Waals surface area contributed by atoms with E-state index in [0.717, 1.165) is 10.9 Å². The molecule has 6 N–H and O–H groups in total. The highest BCUT2D eigenvalue weighted by Crippen LogP contribution is 2.21. The molecule has 33 heavy (non-hydrogen) atoms. The largest absolute Gasteiger partial charge is 0.423 e. The predicted molar refractivity (Wildman–Crippen MR) is 131 cm³/mol. The SMILES string of the molecule is Cc1cc(=O)oc2cc(NC(=O)[C@H](CCCN=C(N)N)NC(=O)c3ccccc3)ccc12.Cl. The Bertz CT molecular complexity index is 1210. The molecule has 0 bridgehead atoms. The fourth-order valence-electron chi connectivity index (χ4n) is 3.24. The smallest absolute Gasteiger partial charge is 0.336 e. The molecule has 0 spiro atoms. The zero-order valence-electron chi connectivity index (χ0n) is 18.0. The second kappa shape index (κ2) is 11.7. The number of nitrogens with one attached hydrogen (secondary N) is 2. The summed E-state index contributed by atoms with van der Waals surface area (Å²) in [5.41, 5.74) is 12.2. The number of hydrogen-bond donors (Lipinski definition) is 4. The van der Waals surface area contributed by atoms with E-state index in [1.54, 1.807) is 48.5 Å². The number of anilines is 1. The topological polar surface area (TPSA) is 153 Å². The number of amides is 2. The van der Waals surface area contributed by atoms with Crippen molar-refractivity contribution < 1.29 is 14.0 Å². The van der Waals surface area contributed by atoms with E-state index in [1.165, 1.54) is 6.07 Å². The summed E-state index contributed by atoms with van der Waals surface area (Å²) in [6.45, 7) is 2.14. The maximum Gasteiger partial charge on any atom is 0.336 e. The first-order chi connectivity index (χ1) is 15.3. The summed E-state index contributed by atoms with van der Waals surface area (Å²) in [7, 11) is 0. The molecule has 1 heterocycles. The number of rotatable bonds is 8. The van der Waals surface area contributed by atoms with E-state index in [2.05, 4.69) is 15.6 Å². The van der Waals surface area contributed by atoms with Crippen LogP contribution in [-0.2, 0) is 4.79 Å². The molecule has 2 aromatic carbocycles. The number of nitrogens with zero attached hydrogens (tertiary/aromatic N) is 1. The van der Waals surface area contributed by atoms with Gasteiger partial charge in [0, 0.05) is 35.3 Å². The second-order valence-electron chi connectivity index (χ2n) is 7.29. The number of aliphatic imine (C=N–C) groups is 1. The van der Waals surface area contributed by atoms with Crippen molar-refractivity contribution in [3.63, 3.8) is 0 Å². The number of carbonyl (C=O) groups excluding carboxylic acids is 2. The molecule has 3 rings (SSSR count). The molecule has 10 heteroatoms. The minimum Gasteiger partial charge on any atom is -0.423 e. The number of carbonyl (C=O) groups is 2. The van der Waals surface area contributed by atoms with Crippen molar-refractivity contribution in [3.8, 4) is 0 Å². The Morgan fingerprint density at radius 2 is 1.82 bits per heavy atom. The summed E-state index contributed by atoms with van der Waals surface area (Å²) in [5.74, 6) is -0.812. The molecule has 0 radical (unpaired) electrons. The van der Waals surface area contributed by atoms with Crippen LogP contribution in [-0.4, -0.2) is 30.4 Å². The summed E-state index contributed by atoms with van der Waals surface area (Å²) in [6, 6.07) is 14.3. The molecule has 1 aromatic heterocycles. The van der Waals surface area contributed by atoms with E-state index in [1.807, 2.05) is 6.92 Å². The van der Waals surface area contributed by atoms with Gasteiger partial charge in [0.15, 0.2) is 5.96 Å². The highest BCUT2D eigenvalue weighted by molar-refractivity contribution is 6.01. The van der Waals surface area contributed by atoms with Crippen LogP contribution < -0.4 is 27.7 Å². The highest BCUT2D eigenvalue weighted by Gasteiger charge is 2.21. The molecule has 2 amide bonds. The van der Waals surface area contributed by atoms with Gasteiger partial charge in [0.05, 0.1) is 0 Å². The third-order valence-corrected chi connectivity index (χ3v) is 4.82. The Hall–Kier alpha value is -3.85. The Morgan fingerprint density at radius 3 is 2.52 bits per heavy atom. The third kappa shape index (κ3) is 7.08. The standard InChI is InChI=1S/C23H25N5O4.ClH/c1-14-12-20(29)32-19-13-16(9-10-17(14)19)27-22(31)18(8-5-11-26-23(24)25)28-21(30)15-6-3-2-4-7-15;/h2-4,6-7,9-10,12-13,18H,5,8,11H2,1H3,(H,27,31)(H,28,30)(H4,24,25,26);1H/t18-;/m0./s1. The normalized spacial score (nSPS) is 11.2. The van der Waals surface area contributed by atoms with E-state index >= 15 is 0 Å². The fraction of sp³-hybridized carbons (Fsp3) is 0.217. The maximum atomic E-state index is 13.0. The number of aryl methyl sites for hydroxylation is 1. The van der Waals surface area contributed by atoms with Crippen molar-refractivity contribution >= 4 is 46.8 Å². The lowest BCUT2D eigenvalue weighted by Crippen LogP contribution is -2.44. The van der Waals surface area contributed by atoms with E-state index < -0.39 is 17.6 Å². The molecule has 0 aliphatic carbocycles. The van der Waals surface area contributed by atoms with Crippen molar-refractivity contribution in [1.82, 2.24) is 5.32 Å². The lowest BCUT2D eigenvalue weighted by molar-refractivity contribution is -0.118. The molecule has 0 saturated carbocycles. The molecule has 0 aliphatic rings. The first-order valence-corrected chi connectivity index (χ1v) is 10.1. The van der Waals surface area contributed by atoms with Crippen molar-refractivity contribution in [3.05, 3.63) is 76.1 Å². The number of hydrogen-bond acceptors (Lipinski definition) is 5. The lowest BCUT2D eigenvalue weighted by Gasteiger charge is -2.18. The van der Waals surface area contributed by atoms with Crippen LogP contribution in [0.3, 0.4) is 0 Å². The second-order valence-corrected chi connectivity index (χ2v) is 7.29. The van der Waals surface area contributed by atoms with Gasteiger partial charge in [0.2, 0.25) is 5.91 Å². The average Bonchev–Trinajstić information content (AvgIpc) is 2.75. The Labute approximate surface area is 196 Å². The van der Waals surface area contributed by atoms with Crippen molar-refractivity contribution in [2.24, 2.45) is 16.5 Å². The highest BCUT2D eigenvalue weighted by atomic mass is 35.5. The van der Waals surface area contributed by atoms with Gasteiger partial charge >= 0.3 is 5.63 Å². The van der Waals surface area contributed by atoms with Crippen LogP contribution in [0.4, 0.5) is 5.69 Å². The van der Waals surface area contributed by atoms with Gasteiger partial charge in [-0.25, -0.2) is 4.79 Å². The molecule has 0 fully saturated rings. The maximum absolute atomic E-state index is 13.0. The van der Waals surface area contributed by atoms with E-state index in [9.17, 15) is 14.4 Å². The van der Waals surface area contributed by atoms with Gasteiger partial charge in [-0.3, -0.25) is 14.6 Å². The van der Waals surface area contributed by atoms with Crippen LogP contribution in [0.25, 0.3) is 11.0 Å². The summed E-state index contributed by atoms with van der Waals surface area (Å²) >= 11 is 0. The van der Waals surface area contributed by atoms with Crippen LogP contribution in [0.2, 0.25) is 0 Å². The van der Waals surface area contributed by atoms with Gasteiger partial charge in [-0.1, -0.05) is 18.2 Å². The quantitative estimate of drug-likeness (QED) is 0.171. The third-order valence-electron chi connectivity index (χ3n) is 4.82. The summed E-state index contributed by atoms with van der Waals surface area (Å²) in [5, 5.41) is 6.31. The van der Waals surface area contributed by atoms with Crippen molar-refractivity contribution in [2.75, 3.05) is 11.9 Å². The van der Waals surface area contributed by atoms with Crippen molar-refractivity contribution in [1.29, 1.82) is 0 Å². The summed E-state index contributed by atoms with van der Waals surface area (Å²) in [6.07, 6.45) is 0.805. The van der Waals surface area contributed by atoms with Crippen LogP contribution in [0.15, 0.2) is 68.8 Å². The molecular weight excluding hydrogens is 446 g/mol. The molecule has 174 valence electrons. The minimum atomic E-state index is -0.822. The van der Waals surface area contributed by atoms with Gasteiger partial charge in [0.1, 0.15) is 11.6 Å². The zero-order chi connectivity index (χ0) is 23.1. The Balaban J connectivity index is 0.00000385. The van der Waals surface area contributed by atoms with E-state index in [4.69, 9.17) is 15.9 Å². The number of guanidine groups is 1. The zero-order valence-corrected chi connectivity index (χ0v) is 18.9. The molecule has 1 atom stereocenters. The van der Waals surface area contributed by atoms with Gasteiger partial charge in [-0.2, -0.15) is 0 Å². The first-order valence-electron chi connectivity index (χ1n) is 10.1. The summed E-state index contributed by atoms with van der Waals surface area (Å²) < 4.78 is 5.23. The molecule has 3 aromatic rings. The fourth-order valence-corrected chi connectivity index (χ4v) is 3.24. The van der Waals surface area contributed by atoms with Gasteiger partial charge < -0.3 is 26.5 Å². The van der Waals surface area contributed by atoms with Crippen LogP contribution in [0, 0.1) is 6.92 Å². The molecule has 9 nitrogen and oxygen atoms in total. The van der Waals surface area contributed by atoms with Crippen LogP contribution >= 0.6 is 12.4 Å². The predicted octanol–water partition coefficient (Wildman–Crippen LogP) is 2.31. The van der Waals surface area contributed by atoms with E-state index in [0.29, 0.717) is 36.2 Å². The lowest BCUT2D eigenvalue weighted by atomic mass is 10.1. The first kappa shape index (κ1) is 25.4. The van der Waals surface area contributed by atoms with E-state index in [-0.39, 0.29) is 24.3 Å². The molecule has 0 aliphatic heterocycles.